The topological polar surface area (TPSA) is 38.3 Å². The molecule has 0 aromatic heterocycles. The highest BCUT2D eigenvalue weighted by atomic mass is 19.1. The number of benzene rings is 1. The number of ether oxygens (including phenoxy) is 1. The maximum absolute atomic E-state index is 13.0. The van der Waals surface area contributed by atoms with Crippen LogP contribution in [-0.2, 0) is 16.0 Å². The zero-order valence-corrected chi connectivity index (χ0v) is 10.5. The minimum Gasteiger partial charge on any atom is -0.384 e. The summed E-state index contributed by atoms with van der Waals surface area (Å²) in [5.74, 6) is 0.0686. The molecule has 1 aromatic carbocycles. The molecule has 1 aromatic rings. The van der Waals surface area contributed by atoms with Gasteiger partial charge in [-0.3, -0.25) is 4.79 Å². The molecule has 3 nitrogen and oxygen atoms in total. The van der Waals surface area contributed by atoms with Crippen LogP contribution in [0.3, 0.4) is 0 Å². The van der Waals surface area contributed by atoms with Crippen LogP contribution in [0.4, 0.5) is 4.39 Å². The third-order valence-electron chi connectivity index (χ3n) is 3.40. The fourth-order valence-electron chi connectivity index (χ4n) is 2.26. The molecule has 1 fully saturated rings. The molecule has 0 heterocycles. The molecule has 4 heteroatoms. The van der Waals surface area contributed by atoms with Gasteiger partial charge in [-0.1, -0.05) is 12.1 Å². The van der Waals surface area contributed by atoms with Gasteiger partial charge in [-0.05, 0) is 30.5 Å². The third kappa shape index (κ3) is 3.29. The van der Waals surface area contributed by atoms with Crippen LogP contribution in [0.25, 0.3) is 0 Å². The predicted molar refractivity (Wildman–Crippen MR) is 66.6 cm³/mol. The molecule has 0 unspecified atom stereocenters. The Morgan fingerprint density at radius 2 is 2.33 bits per heavy atom. The number of amides is 1. The maximum atomic E-state index is 13.0. The van der Waals surface area contributed by atoms with Gasteiger partial charge in [-0.2, -0.15) is 0 Å². The van der Waals surface area contributed by atoms with Gasteiger partial charge in [0, 0.05) is 19.1 Å². The van der Waals surface area contributed by atoms with E-state index in [1.54, 1.807) is 19.2 Å². The molecule has 1 saturated carbocycles. The number of nitrogens with one attached hydrogen (secondary N) is 1. The SMILES string of the molecule is COC[C@H]1CC[C@H]1NC(=O)Cc1cccc(F)c1. The van der Waals surface area contributed by atoms with E-state index in [2.05, 4.69) is 5.32 Å². The molecule has 0 saturated heterocycles. The van der Waals surface area contributed by atoms with E-state index in [4.69, 9.17) is 4.74 Å². The fourth-order valence-corrected chi connectivity index (χ4v) is 2.26. The van der Waals surface area contributed by atoms with Crippen molar-refractivity contribution in [3.05, 3.63) is 35.6 Å². The van der Waals surface area contributed by atoms with Crippen molar-refractivity contribution >= 4 is 5.91 Å². The van der Waals surface area contributed by atoms with Crippen molar-refractivity contribution in [3.8, 4) is 0 Å². The molecule has 0 bridgehead atoms. The Labute approximate surface area is 106 Å². The van der Waals surface area contributed by atoms with Gasteiger partial charge in [0.25, 0.3) is 0 Å². The lowest BCUT2D eigenvalue weighted by molar-refractivity contribution is -0.122. The van der Waals surface area contributed by atoms with Crippen molar-refractivity contribution < 1.29 is 13.9 Å². The first-order valence-electron chi connectivity index (χ1n) is 6.22. The third-order valence-corrected chi connectivity index (χ3v) is 3.40. The predicted octanol–water partition coefficient (Wildman–Crippen LogP) is 1.91. The normalized spacial score (nSPS) is 22.3. The lowest BCUT2D eigenvalue weighted by Crippen LogP contribution is -2.48. The first-order chi connectivity index (χ1) is 8.69. The van der Waals surface area contributed by atoms with Gasteiger partial charge in [0.2, 0.25) is 5.91 Å². The van der Waals surface area contributed by atoms with Gasteiger partial charge in [-0.15, -0.1) is 0 Å². The number of rotatable bonds is 5. The fraction of sp³-hybridized carbons (Fsp3) is 0.500. The van der Waals surface area contributed by atoms with Gasteiger partial charge in [0.1, 0.15) is 5.82 Å². The first-order valence-corrected chi connectivity index (χ1v) is 6.22. The highest BCUT2D eigenvalue weighted by molar-refractivity contribution is 5.79. The van der Waals surface area contributed by atoms with Crippen molar-refractivity contribution in [2.24, 2.45) is 5.92 Å². The van der Waals surface area contributed by atoms with E-state index in [0.29, 0.717) is 18.1 Å². The van der Waals surface area contributed by atoms with Crippen molar-refractivity contribution in [1.29, 1.82) is 0 Å². The second kappa shape index (κ2) is 5.96. The van der Waals surface area contributed by atoms with Crippen LogP contribution in [0.5, 0.6) is 0 Å². The van der Waals surface area contributed by atoms with Gasteiger partial charge in [-0.25, -0.2) is 4.39 Å². The van der Waals surface area contributed by atoms with Crippen LogP contribution in [0.1, 0.15) is 18.4 Å². The van der Waals surface area contributed by atoms with Crippen LogP contribution in [0.15, 0.2) is 24.3 Å². The quantitative estimate of drug-likeness (QED) is 0.868. The molecule has 2 atom stereocenters. The Morgan fingerprint density at radius 3 is 2.94 bits per heavy atom. The van der Waals surface area contributed by atoms with E-state index < -0.39 is 0 Å². The number of methoxy groups -OCH3 is 1. The molecule has 0 radical (unpaired) electrons. The van der Waals surface area contributed by atoms with Gasteiger partial charge < -0.3 is 10.1 Å². The average Bonchev–Trinajstić information content (AvgIpc) is 2.32. The molecular weight excluding hydrogens is 233 g/mol. The Hall–Kier alpha value is -1.42. The summed E-state index contributed by atoms with van der Waals surface area (Å²) in [7, 11) is 1.67. The molecule has 0 spiro atoms. The molecule has 1 amide bonds. The van der Waals surface area contributed by atoms with E-state index in [0.717, 1.165) is 12.8 Å². The van der Waals surface area contributed by atoms with E-state index in [-0.39, 0.29) is 24.2 Å². The zero-order valence-electron chi connectivity index (χ0n) is 10.5. The van der Waals surface area contributed by atoms with Gasteiger partial charge >= 0.3 is 0 Å². The minimum absolute atomic E-state index is 0.0496. The lowest BCUT2D eigenvalue weighted by atomic mass is 9.80. The Morgan fingerprint density at radius 1 is 1.50 bits per heavy atom. The van der Waals surface area contributed by atoms with Gasteiger partial charge in [0.05, 0.1) is 13.0 Å². The van der Waals surface area contributed by atoms with Crippen LogP contribution >= 0.6 is 0 Å². The summed E-state index contributed by atoms with van der Waals surface area (Å²) in [6.07, 6.45) is 2.33. The summed E-state index contributed by atoms with van der Waals surface area (Å²) < 4.78 is 18.1. The van der Waals surface area contributed by atoms with Crippen LogP contribution in [0.2, 0.25) is 0 Å². The van der Waals surface area contributed by atoms with E-state index in [1.807, 2.05) is 0 Å². The van der Waals surface area contributed by atoms with E-state index in [1.165, 1.54) is 12.1 Å². The largest absolute Gasteiger partial charge is 0.384 e. The first kappa shape index (κ1) is 13.0. The van der Waals surface area contributed by atoms with Crippen molar-refractivity contribution in [2.45, 2.75) is 25.3 Å². The number of carbonyl (C=O) groups is 1. The van der Waals surface area contributed by atoms with Crippen molar-refractivity contribution in [3.63, 3.8) is 0 Å². The number of carbonyl (C=O) groups excluding carboxylic acids is 1. The van der Waals surface area contributed by atoms with E-state index >= 15 is 0 Å². The van der Waals surface area contributed by atoms with Crippen molar-refractivity contribution in [2.75, 3.05) is 13.7 Å². The molecule has 1 aliphatic carbocycles. The second-order valence-corrected chi connectivity index (χ2v) is 4.77. The summed E-state index contributed by atoms with van der Waals surface area (Å²) in [6.45, 7) is 0.685. The summed E-state index contributed by atoms with van der Waals surface area (Å²) in [5.41, 5.74) is 0.704. The number of halogens is 1. The average molecular weight is 251 g/mol. The highest BCUT2D eigenvalue weighted by Gasteiger charge is 2.31. The molecular formula is C14H18FNO2. The second-order valence-electron chi connectivity index (χ2n) is 4.77. The zero-order chi connectivity index (χ0) is 13.0. The maximum Gasteiger partial charge on any atom is 0.224 e. The van der Waals surface area contributed by atoms with Crippen molar-refractivity contribution in [1.82, 2.24) is 5.32 Å². The van der Waals surface area contributed by atoms with Gasteiger partial charge in [0.15, 0.2) is 0 Å². The monoisotopic (exact) mass is 251 g/mol. The van der Waals surface area contributed by atoms with Crippen LogP contribution in [-0.4, -0.2) is 25.7 Å². The molecule has 18 heavy (non-hydrogen) atoms. The van der Waals surface area contributed by atoms with E-state index in [9.17, 15) is 9.18 Å². The molecule has 1 aliphatic rings. The Bertz CT molecular complexity index is 422. The lowest BCUT2D eigenvalue weighted by Gasteiger charge is -2.36. The minimum atomic E-state index is -0.304. The Kier molecular flexibility index (Phi) is 4.31. The number of hydrogen-bond acceptors (Lipinski definition) is 2. The molecule has 0 aliphatic heterocycles. The summed E-state index contributed by atoms with van der Waals surface area (Å²) in [6, 6.07) is 6.37. The summed E-state index contributed by atoms with van der Waals surface area (Å²) in [5, 5.41) is 2.98. The summed E-state index contributed by atoms with van der Waals surface area (Å²) >= 11 is 0. The van der Waals surface area contributed by atoms with Crippen LogP contribution < -0.4 is 5.32 Å². The number of hydrogen-bond donors (Lipinski definition) is 1. The Balaban J connectivity index is 1.82. The van der Waals surface area contributed by atoms with Crippen LogP contribution in [0, 0.1) is 11.7 Å². The standard InChI is InChI=1S/C14H18FNO2/c1-18-9-11-5-6-13(11)16-14(17)8-10-3-2-4-12(15)7-10/h2-4,7,11,13H,5-6,8-9H2,1H3,(H,16,17)/t11-,13-/m1/s1. The highest BCUT2D eigenvalue weighted by Crippen LogP contribution is 2.27. The molecule has 1 N–H and O–H groups in total. The smallest absolute Gasteiger partial charge is 0.224 e. The molecule has 2 rings (SSSR count). The molecule has 98 valence electrons. The summed E-state index contributed by atoms with van der Waals surface area (Å²) in [4.78, 5) is 11.8.